The van der Waals surface area contributed by atoms with Crippen molar-refractivity contribution in [2.45, 2.75) is 52.4 Å². The van der Waals surface area contributed by atoms with Crippen LogP contribution in [0.4, 0.5) is 0 Å². The zero-order chi connectivity index (χ0) is 11.5. The van der Waals surface area contributed by atoms with Crippen molar-refractivity contribution in [1.29, 1.82) is 0 Å². The highest BCUT2D eigenvalue weighted by atomic mass is 79.9. The number of aryl methyl sites for hydroxylation is 1. The van der Waals surface area contributed by atoms with Crippen molar-refractivity contribution >= 4 is 15.9 Å². The van der Waals surface area contributed by atoms with Crippen LogP contribution in [0.1, 0.15) is 52.1 Å². The molecule has 0 spiro atoms. The third kappa shape index (κ3) is 3.90. The van der Waals surface area contributed by atoms with Gasteiger partial charge in [0.05, 0.1) is 0 Å². The van der Waals surface area contributed by atoms with E-state index in [-0.39, 0.29) is 5.41 Å². The fraction of sp³-hybridized carbons (Fsp3) is 0.667. The van der Waals surface area contributed by atoms with Crippen LogP contribution in [0.3, 0.4) is 0 Å². The molecule has 0 unspecified atom stereocenters. The molecule has 1 rings (SSSR count). The Morgan fingerprint density at radius 3 is 2.47 bits per heavy atom. The summed E-state index contributed by atoms with van der Waals surface area (Å²) >= 11 is 3.45. The van der Waals surface area contributed by atoms with Gasteiger partial charge in [0.1, 0.15) is 10.4 Å². The molecule has 0 bridgehead atoms. The van der Waals surface area contributed by atoms with Gasteiger partial charge in [0, 0.05) is 11.1 Å². The number of nitrogens with zero attached hydrogens (tertiary/aromatic N) is 2. The predicted octanol–water partition coefficient (Wildman–Crippen LogP) is 3.88. The monoisotopic (exact) mass is 270 g/mol. The van der Waals surface area contributed by atoms with E-state index in [1.807, 2.05) is 6.07 Å². The third-order valence-corrected chi connectivity index (χ3v) is 2.61. The van der Waals surface area contributed by atoms with Gasteiger partial charge in [-0.25, -0.2) is 9.97 Å². The van der Waals surface area contributed by atoms with Gasteiger partial charge in [-0.05, 0) is 34.8 Å². The topological polar surface area (TPSA) is 25.8 Å². The maximum Gasteiger partial charge on any atom is 0.135 e. The number of halogens is 1. The van der Waals surface area contributed by atoms with Gasteiger partial charge in [0.2, 0.25) is 0 Å². The van der Waals surface area contributed by atoms with E-state index in [1.54, 1.807) is 0 Å². The van der Waals surface area contributed by atoms with Gasteiger partial charge >= 0.3 is 0 Å². The van der Waals surface area contributed by atoms with Crippen LogP contribution in [0.5, 0.6) is 0 Å². The normalized spacial score (nSPS) is 11.8. The Morgan fingerprint density at radius 1 is 1.27 bits per heavy atom. The van der Waals surface area contributed by atoms with Gasteiger partial charge in [-0.3, -0.25) is 0 Å². The molecule has 0 radical (unpaired) electrons. The average Bonchev–Trinajstić information content (AvgIpc) is 2.12. The lowest BCUT2D eigenvalue weighted by molar-refractivity contribution is 0.538. The Labute approximate surface area is 101 Å². The van der Waals surface area contributed by atoms with Crippen molar-refractivity contribution in [1.82, 2.24) is 9.97 Å². The summed E-state index contributed by atoms with van der Waals surface area (Å²) in [6.07, 6.45) is 3.43. The molecule has 0 aliphatic rings. The molecular formula is C12H19BrN2. The highest BCUT2D eigenvalue weighted by Crippen LogP contribution is 2.21. The maximum absolute atomic E-state index is 4.60. The van der Waals surface area contributed by atoms with E-state index in [9.17, 15) is 0 Å². The molecule has 0 N–H and O–H groups in total. The molecule has 1 aromatic rings. The second-order valence-electron chi connectivity index (χ2n) is 4.86. The van der Waals surface area contributed by atoms with Crippen molar-refractivity contribution in [2.75, 3.05) is 0 Å². The molecule has 15 heavy (non-hydrogen) atoms. The first-order valence-corrected chi connectivity index (χ1v) is 6.26. The Morgan fingerprint density at radius 2 is 1.93 bits per heavy atom. The summed E-state index contributed by atoms with van der Waals surface area (Å²) in [4.78, 5) is 9.02. The Balaban J connectivity index is 2.95. The highest BCUT2D eigenvalue weighted by Gasteiger charge is 2.18. The Hall–Kier alpha value is -0.440. The maximum atomic E-state index is 4.60. The molecule has 1 heterocycles. The molecule has 0 aliphatic carbocycles. The lowest BCUT2D eigenvalue weighted by Gasteiger charge is -2.17. The van der Waals surface area contributed by atoms with Crippen molar-refractivity contribution in [2.24, 2.45) is 0 Å². The summed E-state index contributed by atoms with van der Waals surface area (Å²) in [7, 11) is 0. The van der Waals surface area contributed by atoms with Gasteiger partial charge in [-0.2, -0.15) is 0 Å². The molecule has 1 aromatic heterocycles. The first kappa shape index (κ1) is 12.6. The number of hydrogen-bond acceptors (Lipinski definition) is 2. The molecule has 0 saturated heterocycles. The Kier molecular flexibility index (Phi) is 4.26. The molecule has 84 valence electrons. The van der Waals surface area contributed by atoms with Crippen molar-refractivity contribution < 1.29 is 0 Å². The van der Waals surface area contributed by atoms with E-state index in [0.717, 1.165) is 22.5 Å². The summed E-state index contributed by atoms with van der Waals surface area (Å²) in [5.41, 5.74) is 1.16. The van der Waals surface area contributed by atoms with E-state index in [1.165, 1.54) is 12.8 Å². The fourth-order valence-electron chi connectivity index (χ4n) is 1.29. The van der Waals surface area contributed by atoms with E-state index >= 15 is 0 Å². The molecule has 2 nitrogen and oxygen atoms in total. The molecule has 0 saturated carbocycles. The second kappa shape index (κ2) is 5.06. The summed E-state index contributed by atoms with van der Waals surface area (Å²) < 4.78 is 0.897. The largest absolute Gasteiger partial charge is 0.237 e. The molecule has 0 fully saturated rings. The summed E-state index contributed by atoms with van der Waals surface area (Å²) in [5.74, 6) is 0.919. The molecule has 0 aromatic carbocycles. The van der Waals surface area contributed by atoms with Crippen LogP contribution in [0.25, 0.3) is 0 Å². The minimum atomic E-state index is 0.0186. The predicted molar refractivity (Wildman–Crippen MR) is 67.0 cm³/mol. The first-order chi connectivity index (χ1) is 6.93. The number of unbranched alkanes of at least 4 members (excludes halogenated alkanes) is 1. The second-order valence-corrected chi connectivity index (χ2v) is 5.67. The SMILES string of the molecule is CCCCc1cc(Br)nc(C(C)(C)C)n1. The summed E-state index contributed by atoms with van der Waals surface area (Å²) in [6.45, 7) is 8.61. The van der Waals surface area contributed by atoms with Gasteiger partial charge in [0.25, 0.3) is 0 Å². The minimum absolute atomic E-state index is 0.0186. The van der Waals surface area contributed by atoms with E-state index in [2.05, 4.69) is 53.6 Å². The molecule has 0 amide bonds. The van der Waals surface area contributed by atoms with E-state index < -0.39 is 0 Å². The molecular weight excluding hydrogens is 252 g/mol. The molecule has 0 aliphatic heterocycles. The van der Waals surface area contributed by atoms with Crippen LogP contribution in [0, 0.1) is 0 Å². The average molecular weight is 271 g/mol. The highest BCUT2D eigenvalue weighted by molar-refractivity contribution is 9.10. The summed E-state index contributed by atoms with van der Waals surface area (Å²) in [6, 6.07) is 2.02. The van der Waals surface area contributed by atoms with Gasteiger partial charge in [0.15, 0.2) is 0 Å². The zero-order valence-corrected chi connectivity index (χ0v) is 11.6. The van der Waals surface area contributed by atoms with Gasteiger partial charge < -0.3 is 0 Å². The Bertz CT molecular complexity index is 329. The minimum Gasteiger partial charge on any atom is -0.237 e. The van der Waals surface area contributed by atoms with Crippen LogP contribution >= 0.6 is 15.9 Å². The van der Waals surface area contributed by atoms with Crippen molar-refractivity contribution in [3.05, 3.63) is 22.2 Å². The van der Waals surface area contributed by atoms with Crippen molar-refractivity contribution in [3.8, 4) is 0 Å². The third-order valence-electron chi connectivity index (χ3n) is 2.21. The summed E-state index contributed by atoms with van der Waals surface area (Å²) in [5, 5.41) is 0. The van der Waals surface area contributed by atoms with Crippen molar-refractivity contribution in [3.63, 3.8) is 0 Å². The van der Waals surface area contributed by atoms with Crippen LogP contribution < -0.4 is 0 Å². The van der Waals surface area contributed by atoms with E-state index in [4.69, 9.17) is 0 Å². The number of aromatic nitrogens is 2. The molecule has 3 heteroatoms. The quantitative estimate of drug-likeness (QED) is 0.780. The zero-order valence-electron chi connectivity index (χ0n) is 9.97. The van der Waals surface area contributed by atoms with Gasteiger partial charge in [-0.1, -0.05) is 34.1 Å². The van der Waals surface area contributed by atoms with E-state index in [0.29, 0.717) is 0 Å². The fourth-order valence-corrected chi connectivity index (χ4v) is 1.72. The van der Waals surface area contributed by atoms with Crippen LogP contribution in [0.2, 0.25) is 0 Å². The van der Waals surface area contributed by atoms with Crippen LogP contribution in [-0.4, -0.2) is 9.97 Å². The molecule has 0 atom stereocenters. The van der Waals surface area contributed by atoms with Crippen LogP contribution in [-0.2, 0) is 11.8 Å². The van der Waals surface area contributed by atoms with Crippen LogP contribution in [0.15, 0.2) is 10.7 Å². The number of rotatable bonds is 3. The van der Waals surface area contributed by atoms with Gasteiger partial charge in [-0.15, -0.1) is 0 Å². The first-order valence-electron chi connectivity index (χ1n) is 5.47. The standard InChI is InChI=1S/C12H19BrN2/c1-5-6-7-9-8-10(13)15-11(14-9)12(2,3)4/h8H,5-7H2,1-4H3. The lowest BCUT2D eigenvalue weighted by Crippen LogP contribution is -2.17. The number of hydrogen-bond donors (Lipinski definition) is 0. The smallest absolute Gasteiger partial charge is 0.135 e. The lowest BCUT2D eigenvalue weighted by atomic mass is 9.95.